The number of nitrogens with one attached hydrogen (secondary N) is 2. The molecule has 1 amide bonds. The van der Waals surface area contributed by atoms with E-state index in [1.165, 1.54) is 0 Å². The fourth-order valence-electron chi connectivity index (χ4n) is 3.45. The van der Waals surface area contributed by atoms with Crippen LogP contribution in [0.3, 0.4) is 0 Å². The molecule has 0 unspecified atom stereocenters. The zero-order valence-electron chi connectivity index (χ0n) is 19.7. The standard InChI is InChI=1S/C26H34N4O2/c1-17(2)12-14-30(15-13-18(3)4)25(32)21-8-11-23-24(16-21)29-26(28-23)27-22-9-6-20(7-10-22)19(5)31/h6-11,16-18H,12-15H2,1-5H3,(H2,27,28,29). The van der Waals surface area contributed by atoms with Gasteiger partial charge in [-0.1, -0.05) is 27.7 Å². The topological polar surface area (TPSA) is 78.1 Å². The number of hydrogen-bond acceptors (Lipinski definition) is 4. The molecule has 3 rings (SSSR count). The number of ketones is 1. The number of aromatic nitrogens is 2. The molecule has 2 aromatic carbocycles. The highest BCUT2D eigenvalue weighted by atomic mass is 16.2. The van der Waals surface area contributed by atoms with Gasteiger partial charge in [0.05, 0.1) is 11.0 Å². The first-order valence-electron chi connectivity index (χ1n) is 11.4. The molecular weight excluding hydrogens is 400 g/mol. The first kappa shape index (κ1) is 23.5. The van der Waals surface area contributed by atoms with Crippen molar-refractivity contribution in [3.05, 3.63) is 53.6 Å². The number of H-pyrrole nitrogens is 1. The fraction of sp³-hybridized carbons (Fsp3) is 0.423. The van der Waals surface area contributed by atoms with Crippen LogP contribution in [0.2, 0.25) is 0 Å². The van der Waals surface area contributed by atoms with E-state index in [-0.39, 0.29) is 11.7 Å². The zero-order valence-corrected chi connectivity index (χ0v) is 19.7. The van der Waals surface area contributed by atoms with E-state index in [1.54, 1.807) is 19.1 Å². The Labute approximate surface area is 190 Å². The minimum atomic E-state index is 0.0355. The molecule has 6 nitrogen and oxygen atoms in total. The average molecular weight is 435 g/mol. The minimum absolute atomic E-state index is 0.0355. The average Bonchev–Trinajstić information content (AvgIpc) is 3.14. The molecule has 1 heterocycles. The molecule has 0 saturated carbocycles. The van der Waals surface area contributed by atoms with Gasteiger partial charge in [0.15, 0.2) is 5.78 Å². The lowest BCUT2D eigenvalue weighted by Crippen LogP contribution is -2.34. The first-order chi connectivity index (χ1) is 15.2. The first-order valence-corrected chi connectivity index (χ1v) is 11.4. The van der Waals surface area contributed by atoms with Crippen molar-refractivity contribution in [3.8, 4) is 0 Å². The Hall–Kier alpha value is -3.15. The maximum Gasteiger partial charge on any atom is 0.253 e. The number of carbonyl (C=O) groups excluding carboxylic acids is 2. The van der Waals surface area contributed by atoms with Crippen LogP contribution in [0.15, 0.2) is 42.5 Å². The number of rotatable bonds is 10. The van der Waals surface area contributed by atoms with Crippen LogP contribution in [0, 0.1) is 11.8 Å². The van der Waals surface area contributed by atoms with Crippen molar-refractivity contribution in [2.24, 2.45) is 11.8 Å². The van der Waals surface area contributed by atoms with Gasteiger partial charge in [-0.05, 0) is 74.1 Å². The number of carbonyl (C=O) groups is 2. The number of aromatic amines is 1. The SMILES string of the molecule is CC(=O)c1ccc(Nc2nc3ccc(C(=O)N(CCC(C)C)CCC(C)C)cc3[nH]2)cc1. The molecular formula is C26H34N4O2. The maximum atomic E-state index is 13.2. The predicted molar refractivity (Wildman–Crippen MR) is 131 cm³/mol. The van der Waals surface area contributed by atoms with Crippen molar-refractivity contribution >= 4 is 34.4 Å². The van der Waals surface area contributed by atoms with Gasteiger partial charge < -0.3 is 15.2 Å². The van der Waals surface area contributed by atoms with Crippen molar-refractivity contribution in [2.45, 2.75) is 47.5 Å². The van der Waals surface area contributed by atoms with Crippen molar-refractivity contribution in [1.82, 2.24) is 14.9 Å². The molecule has 6 heteroatoms. The number of amides is 1. The van der Waals surface area contributed by atoms with Crippen LogP contribution in [0.5, 0.6) is 0 Å². The maximum absolute atomic E-state index is 13.2. The smallest absolute Gasteiger partial charge is 0.253 e. The van der Waals surface area contributed by atoms with Crippen LogP contribution in [-0.2, 0) is 0 Å². The number of imidazole rings is 1. The Bertz CT molecular complexity index is 1060. The lowest BCUT2D eigenvalue weighted by Gasteiger charge is -2.24. The Morgan fingerprint density at radius 1 is 0.938 bits per heavy atom. The third-order valence-corrected chi connectivity index (χ3v) is 5.52. The predicted octanol–water partition coefficient (Wildman–Crippen LogP) is 6.04. The van der Waals surface area contributed by atoms with E-state index < -0.39 is 0 Å². The molecule has 170 valence electrons. The molecule has 2 N–H and O–H groups in total. The van der Waals surface area contributed by atoms with Gasteiger partial charge in [0.25, 0.3) is 5.91 Å². The van der Waals surface area contributed by atoms with Gasteiger partial charge in [-0.3, -0.25) is 9.59 Å². The van der Waals surface area contributed by atoms with Crippen molar-refractivity contribution in [3.63, 3.8) is 0 Å². The van der Waals surface area contributed by atoms with Gasteiger partial charge in [-0.2, -0.15) is 0 Å². The third kappa shape index (κ3) is 6.19. The number of anilines is 2. The summed E-state index contributed by atoms with van der Waals surface area (Å²) in [7, 11) is 0. The fourth-order valence-corrected chi connectivity index (χ4v) is 3.45. The number of nitrogens with zero attached hydrogens (tertiary/aromatic N) is 2. The summed E-state index contributed by atoms with van der Waals surface area (Å²) in [6.45, 7) is 11.8. The summed E-state index contributed by atoms with van der Waals surface area (Å²) < 4.78 is 0. The monoisotopic (exact) mass is 434 g/mol. The summed E-state index contributed by atoms with van der Waals surface area (Å²) >= 11 is 0. The molecule has 0 aliphatic rings. The van der Waals surface area contributed by atoms with E-state index in [4.69, 9.17) is 0 Å². The van der Waals surface area contributed by atoms with E-state index in [2.05, 4.69) is 43.0 Å². The Morgan fingerprint density at radius 3 is 2.09 bits per heavy atom. The Balaban J connectivity index is 1.77. The summed E-state index contributed by atoms with van der Waals surface area (Å²) in [4.78, 5) is 34.5. The summed E-state index contributed by atoms with van der Waals surface area (Å²) in [6, 6.07) is 12.9. The largest absolute Gasteiger partial charge is 0.339 e. The van der Waals surface area contributed by atoms with E-state index in [1.807, 2.05) is 35.2 Å². The van der Waals surface area contributed by atoms with E-state index in [9.17, 15) is 9.59 Å². The quantitative estimate of drug-likeness (QED) is 0.381. The molecule has 0 aliphatic heterocycles. The molecule has 0 fully saturated rings. The molecule has 0 saturated heterocycles. The van der Waals surface area contributed by atoms with E-state index in [0.717, 1.165) is 42.7 Å². The van der Waals surface area contributed by atoms with Crippen LogP contribution >= 0.6 is 0 Å². The molecule has 0 aliphatic carbocycles. The van der Waals surface area contributed by atoms with Crippen LogP contribution in [-0.4, -0.2) is 39.6 Å². The number of fused-ring (bicyclic) bond motifs is 1. The second-order valence-electron chi connectivity index (χ2n) is 9.23. The van der Waals surface area contributed by atoms with Crippen molar-refractivity contribution in [1.29, 1.82) is 0 Å². The molecule has 3 aromatic rings. The normalized spacial score (nSPS) is 11.3. The minimum Gasteiger partial charge on any atom is -0.339 e. The van der Waals surface area contributed by atoms with Crippen LogP contribution in [0.25, 0.3) is 11.0 Å². The van der Waals surface area contributed by atoms with Gasteiger partial charge in [0.1, 0.15) is 0 Å². The lowest BCUT2D eigenvalue weighted by atomic mass is 10.1. The number of hydrogen-bond donors (Lipinski definition) is 2. The summed E-state index contributed by atoms with van der Waals surface area (Å²) in [5.74, 6) is 1.80. The second kappa shape index (κ2) is 10.4. The Kier molecular flexibility index (Phi) is 7.67. The summed E-state index contributed by atoms with van der Waals surface area (Å²) in [5.41, 5.74) is 3.78. The third-order valence-electron chi connectivity index (χ3n) is 5.52. The van der Waals surface area contributed by atoms with Gasteiger partial charge >= 0.3 is 0 Å². The van der Waals surface area contributed by atoms with E-state index in [0.29, 0.717) is 28.9 Å². The van der Waals surface area contributed by atoms with Crippen molar-refractivity contribution < 1.29 is 9.59 Å². The summed E-state index contributed by atoms with van der Waals surface area (Å²) in [5, 5.41) is 3.22. The highest BCUT2D eigenvalue weighted by Crippen LogP contribution is 2.21. The zero-order chi connectivity index (χ0) is 23.3. The van der Waals surface area contributed by atoms with Gasteiger partial charge in [0, 0.05) is 29.9 Å². The van der Waals surface area contributed by atoms with Gasteiger partial charge in [-0.15, -0.1) is 0 Å². The summed E-state index contributed by atoms with van der Waals surface area (Å²) in [6.07, 6.45) is 1.99. The highest BCUT2D eigenvalue weighted by molar-refractivity contribution is 5.97. The molecule has 0 atom stereocenters. The van der Waals surface area contributed by atoms with Gasteiger partial charge in [0.2, 0.25) is 5.95 Å². The number of benzene rings is 2. The lowest BCUT2D eigenvalue weighted by molar-refractivity contribution is 0.0740. The molecule has 0 bridgehead atoms. The van der Waals surface area contributed by atoms with Gasteiger partial charge in [-0.25, -0.2) is 4.98 Å². The van der Waals surface area contributed by atoms with Crippen molar-refractivity contribution in [2.75, 3.05) is 18.4 Å². The van der Waals surface area contributed by atoms with E-state index >= 15 is 0 Å². The molecule has 32 heavy (non-hydrogen) atoms. The van der Waals surface area contributed by atoms with Crippen LogP contribution in [0.1, 0.15) is 68.2 Å². The molecule has 1 aromatic heterocycles. The molecule has 0 radical (unpaired) electrons. The molecule has 0 spiro atoms. The van der Waals surface area contributed by atoms with Crippen LogP contribution < -0.4 is 5.32 Å². The highest BCUT2D eigenvalue weighted by Gasteiger charge is 2.17. The Morgan fingerprint density at radius 2 is 1.53 bits per heavy atom. The second-order valence-corrected chi connectivity index (χ2v) is 9.23. The van der Waals surface area contributed by atoms with Crippen LogP contribution in [0.4, 0.5) is 11.6 Å². The number of Topliss-reactive ketones (excluding diaryl/α,β-unsaturated/α-hetero) is 1.